The minimum atomic E-state index is 0.715. The van der Waals surface area contributed by atoms with Crippen LogP contribution >= 0.6 is 0 Å². The van der Waals surface area contributed by atoms with Gasteiger partial charge >= 0.3 is 0 Å². The Kier molecular flexibility index (Phi) is 2.49. The van der Waals surface area contributed by atoms with E-state index in [1.54, 1.807) is 0 Å². The molecule has 0 saturated heterocycles. The second-order valence-electron chi connectivity index (χ2n) is 2.28. The maximum atomic E-state index is 5.01. The summed E-state index contributed by atoms with van der Waals surface area (Å²) in [5, 5.41) is 3.82. The number of hydrogen-bond donors (Lipinski definition) is 0. The van der Waals surface area contributed by atoms with Crippen LogP contribution in [0, 0.1) is 6.92 Å². The molecule has 0 aromatic carbocycles. The van der Waals surface area contributed by atoms with E-state index in [1.807, 2.05) is 6.07 Å². The van der Waals surface area contributed by atoms with Gasteiger partial charge in [-0.2, -0.15) is 0 Å². The van der Waals surface area contributed by atoms with Crippen molar-refractivity contribution < 1.29 is 4.52 Å². The van der Waals surface area contributed by atoms with Gasteiger partial charge in [-0.25, -0.2) is 0 Å². The van der Waals surface area contributed by atoms with Crippen LogP contribution in [0.1, 0.15) is 24.8 Å². The summed E-state index contributed by atoms with van der Waals surface area (Å²) in [6.45, 7) is 5.82. The van der Waals surface area contributed by atoms with E-state index in [0.29, 0.717) is 6.42 Å². The standard InChI is InChI=1S/C8H12NO/c1-3-5-8-6-7(4-2)9-10-8/h6H,2-5H2,1H3. The van der Waals surface area contributed by atoms with Crippen LogP contribution in [0.2, 0.25) is 0 Å². The topological polar surface area (TPSA) is 26.0 Å². The normalized spacial score (nSPS) is 10.2. The number of aryl methyl sites for hydroxylation is 1. The van der Waals surface area contributed by atoms with Crippen molar-refractivity contribution in [1.29, 1.82) is 0 Å². The monoisotopic (exact) mass is 138 g/mol. The zero-order chi connectivity index (χ0) is 7.40. The molecule has 0 N–H and O–H groups in total. The number of nitrogens with zero attached hydrogens (tertiary/aromatic N) is 1. The predicted molar refractivity (Wildman–Crippen MR) is 39.6 cm³/mol. The SMILES string of the molecule is [CH2]Cc1cc(CCC)on1. The molecular formula is C8H12NO. The Morgan fingerprint density at radius 3 is 3.00 bits per heavy atom. The van der Waals surface area contributed by atoms with Crippen LogP contribution in [0.25, 0.3) is 0 Å². The molecule has 0 atom stereocenters. The first-order valence-corrected chi connectivity index (χ1v) is 3.60. The lowest BCUT2D eigenvalue weighted by Gasteiger charge is -1.83. The molecule has 0 bridgehead atoms. The molecule has 0 unspecified atom stereocenters. The van der Waals surface area contributed by atoms with Crippen LogP contribution in [0.15, 0.2) is 10.6 Å². The van der Waals surface area contributed by atoms with Crippen molar-refractivity contribution >= 4 is 0 Å². The molecule has 0 spiro atoms. The zero-order valence-corrected chi connectivity index (χ0v) is 6.26. The van der Waals surface area contributed by atoms with E-state index in [0.717, 1.165) is 24.3 Å². The summed E-state index contributed by atoms with van der Waals surface area (Å²) in [6.07, 6.45) is 2.80. The molecule has 1 aromatic rings. The van der Waals surface area contributed by atoms with Crippen molar-refractivity contribution in [2.24, 2.45) is 0 Å². The van der Waals surface area contributed by atoms with Crippen molar-refractivity contribution in [3.8, 4) is 0 Å². The minimum absolute atomic E-state index is 0.715. The van der Waals surface area contributed by atoms with E-state index in [2.05, 4.69) is 19.0 Å². The van der Waals surface area contributed by atoms with Crippen LogP contribution in [0.4, 0.5) is 0 Å². The average Bonchev–Trinajstić information content (AvgIpc) is 2.37. The van der Waals surface area contributed by atoms with E-state index >= 15 is 0 Å². The molecule has 0 amide bonds. The highest BCUT2D eigenvalue weighted by Gasteiger charge is 1.99. The molecule has 2 heteroatoms. The van der Waals surface area contributed by atoms with Crippen molar-refractivity contribution in [3.63, 3.8) is 0 Å². The van der Waals surface area contributed by atoms with E-state index in [4.69, 9.17) is 4.52 Å². The van der Waals surface area contributed by atoms with E-state index in [-0.39, 0.29) is 0 Å². The Bertz CT molecular complexity index is 193. The van der Waals surface area contributed by atoms with Crippen LogP contribution in [-0.2, 0) is 12.8 Å². The molecule has 0 aliphatic carbocycles. The Hall–Kier alpha value is -0.790. The summed E-state index contributed by atoms with van der Waals surface area (Å²) in [5.41, 5.74) is 0.948. The molecule has 0 aliphatic rings. The zero-order valence-electron chi connectivity index (χ0n) is 6.26. The van der Waals surface area contributed by atoms with Gasteiger partial charge in [0.1, 0.15) is 5.76 Å². The van der Waals surface area contributed by atoms with Crippen LogP contribution < -0.4 is 0 Å². The van der Waals surface area contributed by atoms with E-state index in [1.165, 1.54) is 0 Å². The summed E-state index contributed by atoms with van der Waals surface area (Å²) in [6, 6.07) is 1.97. The van der Waals surface area contributed by atoms with E-state index in [9.17, 15) is 0 Å². The highest BCUT2D eigenvalue weighted by Crippen LogP contribution is 2.05. The maximum absolute atomic E-state index is 5.01. The van der Waals surface area contributed by atoms with Crippen LogP contribution in [0.3, 0.4) is 0 Å². The highest BCUT2D eigenvalue weighted by atomic mass is 16.5. The molecule has 1 radical (unpaired) electrons. The number of rotatable bonds is 3. The molecule has 55 valence electrons. The molecule has 1 heterocycles. The molecule has 0 saturated carbocycles. The Balaban J connectivity index is 2.59. The van der Waals surface area contributed by atoms with E-state index < -0.39 is 0 Å². The van der Waals surface area contributed by atoms with Gasteiger partial charge in [0.15, 0.2) is 0 Å². The van der Waals surface area contributed by atoms with Gasteiger partial charge in [-0.1, -0.05) is 12.1 Å². The predicted octanol–water partition coefficient (Wildman–Crippen LogP) is 2.00. The average molecular weight is 138 g/mol. The summed E-state index contributed by atoms with van der Waals surface area (Å²) in [4.78, 5) is 0. The molecular weight excluding hydrogens is 126 g/mol. The third kappa shape index (κ3) is 1.59. The van der Waals surface area contributed by atoms with Gasteiger partial charge in [0.25, 0.3) is 0 Å². The number of aromatic nitrogens is 1. The molecule has 1 rings (SSSR count). The van der Waals surface area contributed by atoms with Crippen molar-refractivity contribution in [2.75, 3.05) is 0 Å². The Labute approximate surface area is 61.2 Å². The van der Waals surface area contributed by atoms with Gasteiger partial charge in [0.2, 0.25) is 0 Å². The first-order chi connectivity index (χ1) is 4.86. The van der Waals surface area contributed by atoms with Gasteiger partial charge in [-0.3, -0.25) is 0 Å². The van der Waals surface area contributed by atoms with Gasteiger partial charge < -0.3 is 4.52 Å². The summed E-state index contributed by atoms with van der Waals surface area (Å²) < 4.78 is 5.01. The van der Waals surface area contributed by atoms with Gasteiger partial charge in [0, 0.05) is 12.5 Å². The molecule has 2 nitrogen and oxygen atoms in total. The lowest BCUT2D eigenvalue weighted by molar-refractivity contribution is 0.377. The third-order valence-electron chi connectivity index (χ3n) is 1.36. The smallest absolute Gasteiger partial charge is 0.136 e. The van der Waals surface area contributed by atoms with Gasteiger partial charge in [-0.15, -0.1) is 0 Å². The first-order valence-electron chi connectivity index (χ1n) is 3.60. The quantitative estimate of drug-likeness (QED) is 0.638. The lowest BCUT2D eigenvalue weighted by atomic mass is 10.2. The van der Waals surface area contributed by atoms with Crippen molar-refractivity contribution in [2.45, 2.75) is 26.2 Å². The molecule has 0 fully saturated rings. The van der Waals surface area contributed by atoms with Crippen LogP contribution in [0.5, 0.6) is 0 Å². The highest BCUT2D eigenvalue weighted by molar-refractivity contribution is 5.05. The Morgan fingerprint density at radius 1 is 1.70 bits per heavy atom. The largest absolute Gasteiger partial charge is 0.361 e. The fraction of sp³-hybridized carbons (Fsp3) is 0.500. The Morgan fingerprint density at radius 2 is 2.50 bits per heavy atom. The lowest BCUT2D eigenvalue weighted by Crippen LogP contribution is -1.76. The number of hydrogen-bond acceptors (Lipinski definition) is 2. The summed E-state index contributed by atoms with van der Waals surface area (Å²) in [7, 11) is 0. The second kappa shape index (κ2) is 3.40. The molecule has 10 heavy (non-hydrogen) atoms. The van der Waals surface area contributed by atoms with Gasteiger partial charge in [0.05, 0.1) is 5.69 Å². The minimum Gasteiger partial charge on any atom is -0.361 e. The second-order valence-corrected chi connectivity index (χ2v) is 2.28. The van der Waals surface area contributed by atoms with Gasteiger partial charge in [-0.05, 0) is 19.8 Å². The van der Waals surface area contributed by atoms with Crippen molar-refractivity contribution in [1.82, 2.24) is 5.16 Å². The maximum Gasteiger partial charge on any atom is 0.136 e. The summed E-state index contributed by atoms with van der Waals surface area (Å²) >= 11 is 0. The summed E-state index contributed by atoms with van der Waals surface area (Å²) in [5.74, 6) is 0.973. The fourth-order valence-electron chi connectivity index (χ4n) is 0.838. The van der Waals surface area contributed by atoms with Crippen LogP contribution in [-0.4, -0.2) is 5.16 Å². The fourth-order valence-corrected chi connectivity index (χ4v) is 0.838. The first kappa shape index (κ1) is 7.32. The molecule has 1 aromatic heterocycles. The third-order valence-corrected chi connectivity index (χ3v) is 1.36. The van der Waals surface area contributed by atoms with Crippen molar-refractivity contribution in [3.05, 3.63) is 24.4 Å². The molecule has 0 aliphatic heterocycles.